The van der Waals surface area contributed by atoms with E-state index < -0.39 is 26.0 Å². The first kappa shape index (κ1) is 29.6. The zero-order chi connectivity index (χ0) is 28.4. The number of hydrogen-bond acceptors (Lipinski definition) is 5. The first-order valence-corrected chi connectivity index (χ1v) is 16.2. The largest absolute Gasteiger partial charge is 0.326 e. The summed E-state index contributed by atoms with van der Waals surface area (Å²) in [6.07, 6.45) is 1.05. The summed E-state index contributed by atoms with van der Waals surface area (Å²) >= 11 is 18.1. The number of anilines is 2. The molecule has 1 atom stereocenters. The number of rotatable bonds is 8. The Kier molecular flexibility index (Phi) is 9.15. The number of benzene rings is 3. The van der Waals surface area contributed by atoms with Gasteiger partial charge in [0.05, 0.1) is 22.3 Å². The van der Waals surface area contributed by atoms with Crippen molar-refractivity contribution in [3.05, 3.63) is 86.9 Å². The van der Waals surface area contributed by atoms with E-state index in [2.05, 4.69) is 10.0 Å². The Morgan fingerprint density at radius 3 is 2.38 bits per heavy atom. The van der Waals surface area contributed by atoms with Crippen molar-refractivity contribution in [2.75, 3.05) is 23.1 Å². The van der Waals surface area contributed by atoms with Crippen molar-refractivity contribution >= 4 is 72.1 Å². The highest BCUT2D eigenvalue weighted by Gasteiger charge is 2.33. The van der Waals surface area contributed by atoms with Crippen molar-refractivity contribution in [3.63, 3.8) is 0 Å². The van der Waals surface area contributed by atoms with E-state index in [-0.39, 0.29) is 28.1 Å². The standard InChI is InChI=1S/C26H26Cl3N3O5S2/c1-17-23(28)5-2-6-25(17)31-39(36,37)22-11-9-21(10-12-22)30-26(33)18-4-3-13-32(15-18)38(34,35)16-19-7-8-20(27)14-24(19)29/h2,5-12,14,18,31H,3-4,13,15-16H2,1H3,(H,30,33)/t18-/m0/s1. The zero-order valence-corrected chi connectivity index (χ0v) is 24.7. The summed E-state index contributed by atoms with van der Waals surface area (Å²) in [4.78, 5) is 13.0. The Labute approximate surface area is 243 Å². The van der Waals surface area contributed by atoms with Crippen LogP contribution in [0.4, 0.5) is 11.4 Å². The highest BCUT2D eigenvalue weighted by atomic mass is 35.5. The molecule has 0 aromatic heterocycles. The zero-order valence-electron chi connectivity index (χ0n) is 20.8. The maximum absolute atomic E-state index is 13.1. The van der Waals surface area contributed by atoms with Gasteiger partial charge >= 0.3 is 0 Å². The van der Waals surface area contributed by atoms with Gasteiger partial charge in [-0.2, -0.15) is 0 Å². The van der Waals surface area contributed by atoms with Crippen LogP contribution in [0.5, 0.6) is 0 Å². The van der Waals surface area contributed by atoms with Crippen LogP contribution in [0.3, 0.4) is 0 Å². The second-order valence-electron chi connectivity index (χ2n) is 9.22. The highest BCUT2D eigenvalue weighted by Crippen LogP contribution is 2.28. The van der Waals surface area contributed by atoms with Gasteiger partial charge in [-0.05, 0) is 79.4 Å². The third kappa shape index (κ3) is 7.25. The summed E-state index contributed by atoms with van der Waals surface area (Å²) in [7, 11) is -7.61. The van der Waals surface area contributed by atoms with E-state index in [0.29, 0.717) is 51.9 Å². The fourth-order valence-electron chi connectivity index (χ4n) is 4.22. The molecule has 0 radical (unpaired) electrons. The predicted octanol–water partition coefficient (Wildman–Crippen LogP) is 5.94. The Morgan fingerprint density at radius 1 is 0.974 bits per heavy atom. The minimum atomic E-state index is -3.88. The summed E-state index contributed by atoms with van der Waals surface area (Å²) in [5.74, 6) is -1.21. The predicted molar refractivity (Wildman–Crippen MR) is 155 cm³/mol. The van der Waals surface area contributed by atoms with Crippen LogP contribution >= 0.6 is 34.8 Å². The Hall–Kier alpha value is -2.34. The summed E-state index contributed by atoms with van der Waals surface area (Å²) in [6, 6.07) is 15.3. The number of hydrogen-bond donors (Lipinski definition) is 2. The molecular weight excluding hydrogens is 605 g/mol. The van der Waals surface area contributed by atoms with Crippen molar-refractivity contribution in [1.82, 2.24) is 4.31 Å². The lowest BCUT2D eigenvalue weighted by atomic mass is 9.99. The van der Waals surface area contributed by atoms with Crippen molar-refractivity contribution < 1.29 is 21.6 Å². The molecule has 3 aromatic rings. The summed E-state index contributed by atoms with van der Waals surface area (Å²) in [5.41, 5.74) is 1.80. The number of carbonyl (C=O) groups excluding carboxylic acids is 1. The lowest BCUT2D eigenvalue weighted by Crippen LogP contribution is -2.44. The van der Waals surface area contributed by atoms with Crippen LogP contribution < -0.4 is 10.0 Å². The average Bonchev–Trinajstić information content (AvgIpc) is 2.89. The molecule has 1 fully saturated rings. The monoisotopic (exact) mass is 629 g/mol. The normalized spacial score (nSPS) is 16.6. The maximum atomic E-state index is 13.1. The van der Waals surface area contributed by atoms with Gasteiger partial charge in [-0.15, -0.1) is 0 Å². The van der Waals surface area contributed by atoms with Gasteiger partial charge in [0.15, 0.2) is 0 Å². The number of carbonyl (C=O) groups is 1. The van der Waals surface area contributed by atoms with E-state index >= 15 is 0 Å². The molecule has 3 aromatic carbocycles. The highest BCUT2D eigenvalue weighted by molar-refractivity contribution is 7.92. The summed E-state index contributed by atoms with van der Waals surface area (Å²) in [6.45, 7) is 2.06. The van der Waals surface area contributed by atoms with Gasteiger partial charge in [0.1, 0.15) is 0 Å². The molecule has 1 amide bonds. The molecule has 1 saturated heterocycles. The van der Waals surface area contributed by atoms with Crippen LogP contribution in [0, 0.1) is 12.8 Å². The van der Waals surface area contributed by atoms with Crippen molar-refractivity contribution in [1.29, 1.82) is 0 Å². The molecule has 1 aliphatic heterocycles. The fourth-order valence-corrected chi connectivity index (χ4v) is 7.71. The van der Waals surface area contributed by atoms with Gasteiger partial charge in [-0.25, -0.2) is 21.1 Å². The van der Waals surface area contributed by atoms with Crippen LogP contribution in [0.25, 0.3) is 0 Å². The smallest absolute Gasteiger partial charge is 0.261 e. The van der Waals surface area contributed by atoms with Crippen LogP contribution in [0.2, 0.25) is 15.1 Å². The van der Waals surface area contributed by atoms with Crippen LogP contribution in [0.1, 0.15) is 24.0 Å². The molecule has 4 rings (SSSR count). The number of piperidine rings is 1. The maximum Gasteiger partial charge on any atom is 0.261 e. The first-order valence-electron chi connectivity index (χ1n) is 12.0. The third-order valence-electron chi connectivity index (χ3n) is 6.45. The van der Waals surface area contributed by atoms with E-state index in [1.807, 2.05) is 0 Å². The third-order valence-corrected chi connectivity index (χ3v) is 10.6. The van der Waals surface area contributed by atoms with Crippen molar-refractivity contribution in [2.24, 2.45) is 5.92 Å². The van der Waals surface area contributed by atoms with Gasteiger partial charge in [-0.3, -0.25) is 9.52 Å². The number of sulfonamides is 2. The average molecular weight is 631 g/mol. The van der Waals surface area contributed by atoms with Crippen LogP contribution in [-0.4, -0.2) is 40.1 Å². The van der Waals surface area contributed by atoms with Crippen LogP contribution in [-0.2, 0) is 30.6 Å². The summed E-state index contributed by atoms with van der Waals surface area (Å²) in [5, 5.41) is 3.88. The van der Waals surface area contributed by atoms with E-state index in [0.717, 1.165) is 0 Å². The topological polar surface area (TPSA) is 113 Å². The second kappa shape index (κ2) is 12.0. The molecule has 0 unspecified atom stereocenters. The van der Waals surface area contributed by atoms with E-state index in [1.54, 1.807) is 37.3 Å². The van der Waals surface area contributed by atoms with Gasteiger partial charge in [0.2, 0.25) is 15.9 Å². The van der Waals surface area contributed by atoms with E-state index in [9.17, 15) is 21.6 Å². The lowest BCUT2D eigenvalue weighted by molar-refractivity contribution is -0.120. The molecule has 0 bridgehead atoms. The molecule has 39 heavy (non-hydrogen) atoms. The van der Waals surface area contributed by atoms with Gasteiger partial charge in [0.25, 0.3) is 10.0 Å². The second-order valence-corrected chi connectivity index (χ2v) is 14.1. The minimum absolute atomic E-state index is 0.00988. The fraction of sp³-hybridized carbons (Fsp3) is 0.269. The minimum Gasteiger partial charge on any atom is -0.326 e. The Balaban J connectivity index is 1.40. The quantitative estimate of drug-likeness (QED) is 0.320. The van der Waals surface area contributed by atoms with Crippen LogP contribution in [0.15, 0.2) is 65.6 Å². The molecule has 0 aliphatic carbocycles. The molecule has 2 N–H and O–H groups in total. The van der Waals surface area contributed by atoms with Crippen molar-refractivity contribution in [2.45, 2.75) is 30.4 Å². The SMILES string of the molecule is Cc1c(Cl)cccc1NS(=O)(=O)c1ccc(NC(=O)[C@H]2CCCN(S(=O)(=O)Cc3ccc(Cl)cc3Cl)C2)cc1. The molecule has 0 saturated carbocycles. The number of halogens is 3. The van der Waals surface area contributed by atoms with E-state index in [1.165, 1.54) is 34.6 Å². The molecule has 0 spiro atoms. The summed E-state index contributed by atoms with van der Waals surface area (Å²) < 4.78 is 55.6. The van der Waals surface area contributed by atoms with Gasteiger partial charge in [-0.1, -0.05) is 46.9 Å². The Bertz CT molecular complexity index is 1600. The van der Waals surface area contributed by atoms with Crippen molar-refractivity contribution in [3.8, 4) is 0 Å². The molecule has 1 aliphatic rings. The molecule has 13 heteroatoms. The molecule has 1 heterocycles. The first-order chi connectivity index (χ1) is 18.4. The molecular formula is C26H26Cl3N3O5S2. The van der Waals surface area contributed by atoms with E-state index in [4.69, 9.17) is 34.8 Å². The van der Waals surface area contributed by atoms with Gasteiger partial charge in [0, 0.05) is 33.8 Å². The number of amides is 1. The molecule has 8 nitrogen and oxygen atoms in total. The van der Waals surface area contributed by atoms with Gasteiger partial charge < -0.3 is 5.32 Å². The molecule has 208 valence electrons. The lowest BCUT2D eigenvalue weighted by Gasteiger charge is -2.31. The number of nitrogens with one attached hydrogen (secondary N) is 2. The number of nitrogens with zero attached hydrogens (tertiary/aromatic N) is 1. The Morgan fingerprint density at radius 2 is 1.69 bits per heavy atom.